The predicted molar refractivity (Wildman–Crippen MR) is 74.0 cm³/mol. The molecule has 0 bridgehead atoms. The van der Waals surface area contributed by atoms with Crippen LogP contribution in [0.25, 0.3) is 0 Å². The molecule has 1 aromatic heterocycles. The quantitative estimate of drug-likeness (QED) is 0.774. The van der Waals surface area contributed by atoms with E-state index in [0.29, 0.717) is 18.8 Å². The van der Waals surface area contributed by atoms with Gasteiger partial charge in [0.15, 0.2) is 0 Å². The van der Waals surface area contributed by atoms with Crippen LogP contribution in [0.1, 0.15) is 5.69 Å². The lowest BCUT2D eigenvalue weighted by atomic mass is 10.3. The van der Waals surface area contributed by atoms with E-state index in [1.165, 1.54) is 12.0 Å². The fourth-order valence-corrected chi connectivity index (χ4v) is 1.99. The number of benzene rings is 1. The minimum absolute atomic E-state index is 0.554. The van der Waals surface area contributed by atoms with Crippen molar-refractivity contribution in [2.45, 2.75) is 12.3 Å². The summed E-state index contributed by atoms with van der Waals surface area (Å²) in [5.41, 5.74) is 6.31. The number of hydrogen-bond acceptors (Lipinski definition) is 6. The first-order valence-corrected chi connectivity index (χ1v) is 6.75. The fourth-order valence-electron chi connectivity index (χ4n) is 1.44. The van der Waals surface area contributed by atoms with Crippen LogP contribution in [0.5, 0.6) is 11.5 Å². The van der Waals surface area contributed by atoms with E-state index >= 15 is 0 Å². The van der Waals surface area contributed by atoms with Crippen LogP contribution in [-0.4, -0.2) is 28.6 Å². The van der Waals surface area contributed by atoms with Crippen LogP contribution in [0.2, 0.25) is 0 Å². The molecule has 0 saturated heterocycles. The molecule has 0 fully saturated rings. The molecule has 102 valence electrons. The van der Waals surface area contributed by atoms with Crippen molar-refractivity contribution >= 4 is 12.0 Å². The van der Waals surface area contributed by atoms with Crippen molar-refractivity contribution in [1.82, 2.24) is 15.0 Å². The van der Waals surface area contributed by atoms with Gasteiger partial charge in [-0.1, -0.05) is 5.21 Å². The zero-order chi connectivity index (χ0) is 13.5. The molecule has 1 aromatic carbocycles. The number of ether oxygens (including phenoxy) is 1. The molecule has 19 heavy (non-hydrogen) atoms. The van der Waals surface area contributed by atoms with Crippen LogP contribution < -0.4 is 14.7 Å². The van der Waals surface area contributed by atoms with Crippen LogP contribution in [0.4, 0.5) is 0 Å². The highest BCUT2D eigenvalue weighted by atomic mass is 32.2. The maximum absolute atomic E-state index is 5.54. The third kappa shape index (κ3) is 4.15. The van der Waals surface area contributed by atoms with Gasteiger partial charge in [-0.15, -0.1) is 5.10 Å². The maximum Gasteiger partial charge on any atom is 0.137 e. The fraction of sp³-hybridized carbons (Fsp3) is 0.333. The summed E-state index contributed by atoms with van der Waals surface area (Å²) < 4.78 is 12.3. The third-order valence-corrected chi connectivity index (χ3v) is 3.09. The van der Waals surface area contributed by atoms with Gasteiger partial charge in [-0.05, 0) is 24.3 Å². The largest absolute Gasteiger partial charge is 0.497 e. The van der Waals surface area contributed by atoms with E-state index in [2.05, 4.69) is 10.3 Å². The first kappa shape index (κ1) is 13.7. The van der Waals surface area contributed by atoms with Gasteiger partial charge in [0.2, 0.25) is 0 Å². The Bertz CT molecular complexity index is 501. The maximum atomic E-state index is 5.54. The van der Waals surface area contributed by atoms with Gasteiger partial charge in [-0.25, -0.2) is 0 Å². The van der Waals surface area contributed by atoms with Crippen molar-refractivity contribution in [3.63, 3.8) is 0 Å². The van der Waals surface area contributed by atoms with Crippen LogP contribution in [0.3, 0.4) is 0 Å². The van der Waals surface area contributed by atoms with Gasteiger partial charge in [0.25, 0.3) is 0 Å². The zero-order valence-corrected chi connectivity index (χ0v) is 11.5. The van der Waals surface area contributed by atoms with E-state index < -0.39 is 0 Å². The molecular weight excluding hydrogens is 264 g/mol. The molecule has 2 rings (SSSR count). The van der Waals surface area contributed by atoms with E-state index in [-0.39, 0.29) is 0 Å². The SMILES string of the molecule is COc1ccc(OSCc2cn(CCN)nn2)cc1. The van der Waals surface area contributed by atoms with Gasteiger partial charge in [0.05, 0.1) is 37.1 Å². The number of methoxy groups -OCH3 is 1. The van der Waals surface area contributed by atoms with Crippen molar-refractivity contribution in [3.05, 3.63) is 36.2 Å². The van der Waals surface area contributed by atoms with E-state index in [4.69, 9.17) is 14.7 Å². The summed E-state index contributed by atoms with van der Waals surface area (Å²) in [5, 5.41) is 7.99. The summed E-state index contributed by atoms with van der Waals surface area (Å²) >= 11 is 1.32. The lowest BCUT2D eigenvalue weighted by Crippen LogP contribution is -2.10. The van der Waals surface area contributed by atoms with E-state index in [0.717, 1.165) is 17.2 Å². The highest BCUT2D eigenvalue weighted by molar-refractivity contribution is 7.94. The van der Waals surface area contributed by atoms with Gasteiger partial charge in [0.1, 0.15) is 11.5 Å². The minimum atomic E-state index is 0.554. The average Bonchev–Trinajstić information content (AvgIpc) is 2.88. The molecule has 7 heteroatoms. The molecule has 2 N–H and O–H groups in total. The number of rotatable bonds is 7. The molecule has 0 aliphatic carbocycles. The summed E-state index contributed by atoms with van der Waals surface area (Å²) in [6.07, 6.45) is 1.87. The summed E-state index contributed by atoms with van der Waals surface area (Å²) in [6.45, 7) is 1.23. The number of nitrogens with zero attached hydrogens (tertiary/aromatic N) is 3. The van der Waals surface area contributed by atoms with E-state index in [1.54, 1.807) is 11.8 Å². The van der Waals surface area contributed by atoms with E-state index in [9.17, 15) is 0 Å². The van der Waals surface area contributed by atoms with Crippen LogP contribution in [0, 0.1) is 0 Å². The molecule has 2 aromatic rings. The molecule has 1 heterocycles. The Morgan fingerprint density at radius 2 is 2.00 bits per heavy atom. The highest BCUT2D eigenvalue weighted by Crippen LogP contribution is 2.21. The molecule has 0 aliphatic heterocycles. The molecule has 0 amide bonds. The molecular formula is C12H16N4O2S. The molecule has 0 saturated carbocycles. The molecule has 0 unspecified atom stereocenters. The van der Waals surface area contributed by atoms with Crippen LogP contribution in [0.15, 0.2) is 30.5 Å². The second kappa shape index (κ2) is 7.01. The van der Waals surface area contributed by atoms with Crippen LogP contribution >= 0.6 is 12.0 Å². The molecule has 6 nitrogen and oxygen atoms in total. The Balaban J connectivity index is 1.78. The Hall–Kier alpha value is -1.73. The lowest BCUT2D eigenvalue weighted by molar-refractivity contribution is 0.414. The summed E-state index contributed by atoms with van der Waals surface area (Å²) in [7, 11) is 1.63. The average molecular weight is 280 g/mol. The summed E-state index contributed by atoms with van der Waals surface area (Å²) in [6, 6.07) is 7.43. The second-order valence-electron chi connectivity index (χ2n) is 3.78. The van der Waals surface area contributed by atoms with Crippen molar-refractivity contribution in [3.8, 4) is 11.5 Å². The third-order valence-electron chi connectivity index (χ3n) is 2.37. The van der Waals surface area contributed by atoms with Gasteiger partial charge < -0.3 is 14.7 Å². The smallest absolute Gasteiger partial charge is 0.137 e. The second-order valence-corrected chi connectivity index (χ2v) is 4.47. The minimum Gasteiger partial charge on any atom is -0.497 e. The molecule has 0 aliphatic rings. The van der Waals surface area contributed by atoms with Crippen molar-refractivity contribution < 1.29 is 8.92 Å². The van der Waals surface area contributed by atoms with Crippen LogP contribution in [-0.2, 0) is 12.3 Å². The lowest BCUT2D eigenvalue weighted by Gasteiger charge is -2.03. The Morgan fingerprint density at radius 1 is 1.26 bits per heavy atom. The first-order valence-electron chi connectivity index (χ1n) is 5.84. The highest BCUT2D eigenvalue weighted by Gasteiger charge is 2.02. The summed E-state index contributed by atoms with van der Waals surface area (Å²) in [5.74, 6) is 2.22. The summed E-state index contributed by atoms with van der Waals surface area (Å²) in [4.78, 5) is 0. The van der Waals surface area contributed by atoms with Gasteiger partial charge in [-0.3, -0.25) is 4.68 Å². The Morgan fingerprint density at radius 3 is 2.68 bits per heavy atom. The Kier molecular flexibility index (Phi) is 5.05. The number of nitrogens with two attached hydrogens (primary N) is 1. The van der Waals surface area contributed by atoms with Crippen molar-refractivity contribution in [2.75, 3.05) is 13.7 Å². The monoisotopic (exact) mass is 280 g/mol. The van der Waals surface area contributed by atoms with E-state index in [1.807, 2.05) is 30.5 Å². The molecule has 0 atom stereocenters. The molecule has 0 spiro atoms. The number of hydrogen-bond donors (Lipinski definition) is 1. The van der Waals surface area contributed by atoms with Gasteiger partial charge in [-0.2, -0.15) is 0 Å². The standard InChI is InChI=1S/C12H16N4O2S/c1-17-11-2-4-12(5-3-11)18-19-9-10-8-16(7-6-13)15-14-10/h2-5,8H,6-7,9,13H2,1H3. The van der Waals surface area contributed by atoms with Crippen molar-refractivity contribution in [1.29, 1.82) is 0 Å². The predicted octanol–water partition coefficient (Wildman–Crippen LogP) is 1.47. The molecule has 0 radical (unpaired) electrons. The van der Waals surface area contributed by atoms with Crippen molar-refractivity contribution in [2.24, 2.45) is 5.73 Å². The number of aromatic nitrogens is 3. The normalized spacial score (nSPS) is 10.4. The van der Waals surface area contributed by atoms with Gasteiger partial charge >= 0.3 is 0 Å². The Labute approximate surface area is 116 Å². The van der Waals surface area contributed by atoms with Gasteiger partial charge in [0, 0.05) is 12.7 Å². The zero-order valence-electron chi connectivity index (χ0n) is 10.7. The topological polar surface area (TPSA) is 75.2 Å². The first-order chi connectivity index (χ1) is 9.31.